The number of halogens is 6. The van der Waals surface area contributed by atoms with Crippen LogP contribution >= 0.6 is 11.3 Å². The molecule has 0 aliphatic heterocycles. The minimum Gasteiger partial charge on any atom is -0.394 e. The van der Waals surface area contributed by atoms with Crippen LogP contribution in [0, 0.1) is 6.92 Å². The lowest BCUT2D eigenvalue weighted by Crippen LogP contribution is -2.49. The van der Waals surface area contributed by atoms with Gasteiger partial charge in [-0.2, -0.15) is 26.3 Å². The lowest BCUT2D eigenvalue weighted by Gasteiger charge is -2.26. The first-order valence-electron chi connectivity index (χ1n) is 13.9. The SMILES string of the molecule is C/C=C\C=C/c1cc(C2=C(C(/C=C(\C)[B]/C=C\C=C/NC)=C(/C)c3ccc(CC)cc3)C(F)(F)C(F)(F)C2(F)F)c(C)s1. The van der Waals surface area contributed by atoms with Crippen LogP contribution in [0.4, 0.5) is 26.3 Å². The summed E-state index contributed by atoms with van der Waals surface area (Å²) in [5.41, 5.74) is -1.37. The van der Waals surface area contributed by atoms with Gasteiger partial charge in [0.25, 0.3) is 0 Å². The molecule has 1 heterocycles. The zero-order chi connectivity index (χ0) is 32.0. The normalized spacial score (nSPS) is 18.9. The second-order valence-electron chi connectivity index (χ2n) is 10.2. The van der Waals surface area contributed by atoms with Crippen LogP contribution in [0.2, 0.25) is 0 Å². The van der Waals surface area contributed by atoms with Crippen molar-refractivity contribution in [2.24, 2.45) is 0 Å². The summed E-state index contributed by atoms with van der Waals surface area (Å²) < 4.78 is 93.6. The van der Waals surface area contributed by atoms with Gasteiger partial charge in [0.2, 0.25) is 0 Å². The van der Waals surface area contributed by atoms with Gasteiger partial charge in [-0.1, -0.05) is 68.5 Å². The molecule has 1 radical (unpaired) electrons. The predicted octanol–water partition coefficient (Wildman–Crippen LogP) is 10.2. The Morgan fingerprint density at radius 3 is 2.23 bits per heavy atom. The van der Waals surface area contributed by atoms with Gasteiger partial charge in [0.15, 0.2) is 7.28 Å². The van der Waals surface area contributed by atoms with Gasteiger partial charge in [0.05, 0.1) is 0 Å². The van der Waals surface area contributed by atoms with E-state index in [0.717, 1.165) is 23.3 Å². The van der Waals surface area contributed by atoms with Crippen molar-refractivity contribution in [3.05, 3.63) is 122 Å². The summed E-state index contributed by atoms with van der Waals surface area (Å²) in [5.74, 6) is -14.3. The van der Waals surface area contributed by atoms with Gasteiger partial charge < -0.3 is 5.32 Å². The summed E-state index contributed by atoms with van der Waals surface area (Å²) in [5, 5.41) is 2.83. The quantitative estimate of drug-likeness (QED) is 0.151. The Hall–Kier alpha value is -3.46. The molecule has 0 spiro atoms. The first-order valence-corrected chi connectivity index (χ1v) is 14.7. The maximum absolute atomic E-state index is 15.9. The molecule has 0 fully saturated rings. The van der Waals surface area contributed by atoms with E-state index in [0.29, 0.717) is 15.9 Å². The minimum atomic E-state index is -5.65. The van der Waals surface area contributed by atoms with E-state index in [1.165, 1.54) is 26.0 Å². The Morgan fingerprint density at radius 2 is 1.63 bits per heavy atom. The summed E-state index contributed by atoms with van der Waals surface area (Å²) >= 11 is 1.07. The van der Waals surface area contributed by atoms with E-state index in [4.69, 9.17) is 0 Å². The average Bonchev–Trinajstić information content (AvgIpc) is 3.37. The van der Waals surface area contributed by atoms with Crippen LogP contribution in [0.15, 0.2) is 95.6 Å². The van der Waals surface area contributed by atoms with E-state index >= 15 is 26.3 Å². The van der Waals surface area contributed by atoms with Crippen molar-refractivity contribution in [3.8, 4) is 0 Å². The van der Waals surface area contributed by atoms with E-state index in [1.807, 2.05) is 6.92 Å². The number of aryl methyl sites for hydroxylation is 2. The summed E-state index contributed by atoms with van der Waals surface area (Å²) in [6.07, 6.45) is 13.8. The Bertz CT molecular complexity index is 1520. The molecule has 1 aromatic heterocycles. The monoisotopic (exact) mass is 614 g/mol. The molecule has 0 saturated carbocycles. The Balaban J connectivity index is 2.41. The van der Waals surface area contributed by atoms with Gasteiger partial charge >= 0.3 is 17.8 Å². The molecular formula is C34H35BF6NS. The molecule has 1 N–H and O–H groups in total. The van der Waals surface area contributed by atoms with Gasteiger partial charge in [-0.25, -0.2) is 0 Å². The lowest BCUT2D eigenvalue weighted by atomic mass is 9.69. The number of nitrogens with one attached hydrogen (secondary N) is 1. The topological polar surface area (TPSA) is 12.0 Å². The molecule has 2 aromatic rings. The molecule has 9 heteroatoms. The van der Waals surface area contributed by atoms with Crippen LogP contribution < -0.4 is 5.32 Å². The highest BCUT2D eigenvalue weighted by molar-refractivity contribution is 7.13. The Kier molecular flexibility index (Phi) is 11.0. The van der Waals surface area contributed by atoms with Gasteiger partial charge in [-0.05, 0) is 79.4 Å². The molecule has 1 aliphatic rings. The van der Waals surface area contributed by atoms with Crippen LogP contribution in [0.5, 0.6) is 0 Å². The highest BCUT2D eigenvalue weighted by Crippen LogP contribution is 2.64. The van der Waals surface area contributed by atoms with Gasteiger partial charge in [0.1, 0.15) is 0 Å². The summed E-state index contributed by atoms with van der Waals surface area (Å²) in [6.45, 7) is 8.32. The average molecular weight is 615 g/mol. The fourth-order valence-electron chi connectivity index (χ4n) is 4.74. The largest absolute Gasteiger partial charge is 0.394 e. The molecule has 227 valence electrons. The number of benzene rings is 1. The van der Waals surface area contributed by atoms with Crippen LogP contribution in [0.1, 0.15) is 54.1 Å². The maximum atomic E-state index is 15.9. The van der Waals surface area contributed by atoms with Crippen molar-refractivity contribution >= 4 is 35.8 Å². The first kappa shape index (κ1) is 34.0. The molecule has 0 saturated heterocycles. The Morgan fingerprint density at radius 1 is 0.953 bits per heavy atom. The maximum Gasteiger partial charge on any atom is 0.380 e. The zero-order valence-corrected chi connectivity index (χ0v) is 25.9. The van der Waals surface area contributed by atoms with Crippen LogP contribution in [0.25, 0.3) is 17.2 Å². The molecule has 0 amide bonds. The summed E-state index contributed by atoms with van der Waals surface area (Å²) in [4.78, 5) is 0.709. The van der Waals surface area contributed by atoms with Gasteiger partial charge in [-0.15, -0.1) is 22.8 Å². The molecule has 0 unspecified atom stereocenters. The number of rotatable bonds is 11. The molecule has 1 aliphatic carbocycles. The highest BCUT2D eigenvalue weighted by Gasteiger charge is 2.80. The van der Waals surface area contributed by atoms with Crippen LogP contribution in [-0.2, 0) is 6.42 Å². The molecular weight excluding hydrogens is 579 g/mol. The van der Waals surface area contributed by atoms with Crippen molar-refractivity contribution in [3.63, 3.8) is 0 Å². The number of alkyl halides is 6. The number of thiophene rings is 1. The van der Waals surface area contributed by atoms with Crippen molar-refractivity contribution in [1.29, 1.82) is 0 Å². The zero-order valence-electron chi connectivity index (χ0n) is 25.0. The molecule has 43 heavy (non-hydrogen) atoms. The fourth-order valence-corrected chi connectivity index (χ4v) is 5.69. The fraction of sp³-hybridized carbons (Fsp3) is 0.294. The van der Waals surface area contributed by atoms with E-state index in [9.17, 15) is 0 Å². The van der Waals surface area contributed by atoms with Gasteiger partial charge in [0, 0.05) is 27.9 Å². The standard InChI is InChI=1S/C34H35BF6NS/c1-7-9-10-13-27-21-29(24(5)43-27)31-30(32(36,37)34(40,41)33(31,38)39)28(20-22(3)35-18-11-12-19-42-6)23(4)26-16-14-25(8-2)15-17-26/h7,9-21,42H,8H2,1-6H3/b9-7-,13-10-,18-11-,19-12-,22-20+,28-23-. The van der Waals surface area contributed by atoms with E-state index in [-0.39, 0.29) is 21.6 Å². The Labute approximate surface area is 255 Å². The van der Waals surface area contributed by atoms with Crippen molar-refractivity contribution in [1.82, 2.24) is 5.32 Å². The minimum absolute atomic E-state index is 0.177. The van der Waals surface area contributed by atoms with Gasteiger partial charge in [-0.3, -0.25) is 0 Å². The second-order valence-corrected chi connectivity index (χ2v) is 11.4. The molecule has 0 bridgehead atoms. The molecule has 1 nitrogen and oxygen atoms in total. The predicted molar refractivity (Wildman–Crippen MR) is 170 cm³/mol. The first-order chi connectivity index (χ1) is 20.2. The third-order valence-electron chi connectivity index (χ3n) is 7.12. The second kappa shape index (κ2) is 13.9. The molecule has 3 rings (SSSR count). The smallest absolute Gasteiger partial charge is 0.380 e. The molecule has 1 aromatic carbocycles. The van der Waals surface area contributed by atoms with Crippen molar-refractivity contribution in [2.45, 2.75) is 58.8 Å². The van der Waals surface area contributed by atoms with E-state index in [2.05, 4.69) is 5.32 Å². The number of hydrogen-bond acceptors (Lipinski definition) is 2. The number of allylic oxidation sites excluding steroid dienone is 11. The van der Waals surface area contributed by atoms with Crippen molar-refractivity contribution < 1.29 is 26.3 Å². The van der Waals surface area contributed by atoms with Crippen LogP contribution in [-0.4, -0.2) is 32.1 Å². The summed E-state index contributed by atoms with van der Waals surface area (Å²) in [6, 6.07) is 8.25. The lowest BCUT2D eigenvalue weighted by molar-refractivity contribution is -0.259. The third-order valence-corrected chi connectivity index (χ3v) is 8.14. The highest BCUT2D eigenvalue weighted by atomic mass is 32.1. The summed E-state index contributed by atoms with van der Waals surface area (Å²) in [7, 11) is 3.32. The molecule has 0 atom stereocenters. The third kappa shape index (κ3) is 6.87. The van der Waals surface area contributed by atoms with Crippen molar-refractivity contribution in [2.75, 3.05) is 7.05 Å². The number of hydrogen-bond donors (Lipinski definition) is 1. The van der Waals surface area contributed by atoms with Crippen LogP contribution in [0.3, 0.4) is 0 Å². The van der Waals surface area contributed by atoms with E-state index < -0.39 is 28.9 Å². The van der Waals surface area contributed by atoms with E-state index in [1.54, 1.807) is 101 Å².